The Morgan fingerprint density at radius 1 is 1.18 bits per heavy atom. The van der Waals surface area contributed by atoms with Crippen molar-refractivity contribution in [2.75, 3.05) is 25.1 Å². The minimum Gasteiger partial charge on any atom is -0.480 e. The number of hydrogen-bond donors (Lipinski definition) is 1. The fourth-order valence-electron chi connectivity index (χ4n) is 2.82. The van der Waals surface area contributed by atoms with Gasteiger partial charge < -0.3 is 14.8 Å². The van der Waals surface area contributed by atoms with Gasteiger partial charge >= 0.3 is 5.97 Å². The van der Waals surface area contributed by atoms with Gasteiger partial charge in [0.25, 0.3) is 11.1 Å². The number of nitrogens with one attached hydrogen (secondary N) is 1. The average Bonchev–Trinajstić information content (AvgIpc) is 3.02. The fourth-order valence-corrected chi connectivity index (χ4v) is 5.97. The maximum absolute atomic E-state index is 12.8. The van der Waals surface area contributed by atoms with Crippen LogP contribution in [0.2, 0.25) is 5.02 Å². The third-order valence-corrected chi connectivity index (χ3v) is 7.12. The molecule has 12 heteroatoms. The molecule has 1 aliphatic heterocycles. The zero-order chi connectivity index (χ0) is 24.8. The molecule has 0 atom stereocenters. The summed E-state index contributed by atoms with van der Waals surface area (Å²) in [6.07, 6.45) is 1.58. The molecule has 2 aromatic carbocycles. The van der Waals surface area contributed by atoms with Gasteiger partial charge in [0.2, 0.25) is 5.91 Å². The molecule has 1 saturated heterocycles. The summed E-state index contributed by atoms with van der Waals surface area (Å²) in [6.45, 7) is 1.34. The van der Waals surface area contributed by atoms with Crippen molar-refractivity contribution >= 4 is 103 Å². The van der Waals surface area contributed by atoms with Crippen LogP contribution in [0.25, 0.3) is 6.08 Å². The minimum absolute atomic E-state index is 0.197. The minimum atomic E-state index is -0.558. The van der Waals surface area contributed by atoms with Crippen molar-refractivity contribution in [1.82, 2.24) is 4.90 Å². The molecule has 1 N–H and O–H groups in total. The van der Waals surface area contributed by atoms with Crippen LogP contribution in [-0.4, -0.2) is 47.7 Å². The first-order valence-electron chi connectivity index (χ1n) is 9.76. The van der Waals surface area contributed by atoms with Crippen molar-refractivity contribution in [3.8, 4) is 5.75 Å². The van der Waals surface area contributed by atoms with Gasteiger partial charge in [-0.05, 0) is 99.8 Å². The van der Waals surface area contributed by atoms with Crippen LogP contribution in [-0.2, 0) is 19.1 Å². The Morgan fingerprint density at radius 3 is 2.50 bits per heavy atom. The molecular formula is C22H17ClI2N2O6S. The van der Waals surface area contributed by atoms with Gasteiger partial charge in [-0.15, -0.1) is 0 Å². The number of rotatable bonds is 8. The molecule has 2 aromatic rings. The fraction of sp³-hybridized carbons (Fsp3) is 0.182. The van der Waals surface area contributed by atoms with E-state index < -0.39 is 29.6 Å². The summed E-state index contributed by atoms with van der Waals surface area (Å²) >= 11 is 10.9. The van der Waals surface area contributed by atoms with E-state index in [4.69, 9.17) is 21.1 Å². The second-order valence-corrected chi connectivity index (χ2v) is 10.4. The standard InChI is InChI=1S/C22H17ClI2N2O6S/c1-2-32-19(29)11-33-20-14(24)7-12(8-15(20)25)9-17-21(30)27(22(31)34-17)10-18(28)26-16-6-4-3-5-13(16)23/h3-9H,2,10-11H2,1H3,(H,26,28)/b17-9+. The second kappa shape index (κ2) is 12.2. The van der Waals surface area contributed by atoms with E-state index in [0.29, 0.717) is 22.0 Å². The van der Waals surface area contributed by atoms with E-state index in [1.54, 1.807) is 49.4 Å². The van der Waals surface area contributed by atoms with E-state index in [1.165, 1.54) is 0 Å². The number of benzene rings is 2. The lowest BCUT2D eigenvalue weighted by Gasteiger charge is -2.13. The van der Waals surface area contributed by atoms with Crippen LogP contribution in [0.1, 0.15) is 12.5 Å². The van der Waals surface area contributed by atoms with Crippen LogP contribution >= 0.6 is 68.5 Å². The smallest absolute Gasteiger partial charge is 0.344 e. The SMILES string of the molecule is CCOC(=O)COc1c(I)cc(/C=C2/SC(=O)N(CC(=O)Nc3ccccc3Cl)C2=O)cc1I. The maximum atomic E-state index is 12.8. The summed E-state index contributed by atoms with van der Waals surface area (Å²) in [5, 5.41) is 2.41. The number of hydrogen-bond acceptors (Lipinski definition) is 7. The number of carbonyl (C=O) groups is 4. The summed E-state index contributed by atoms with van der Waals surface area (Å²) < 4.78 is 11.9. The number of anilines is 1. The Labute approximate surface area is 232 Å². The van der Waals surface area contributed by atoms with E-state index in [1.807, 2.05) is 0 Å². The highest BCUT2D eigenvalue weighted by Gasteiger charge is 2.36. The van der Waals surface area contributed by atoms with Gasteiger partial charge in [-0.1, -0.05) is 23.7 Å². The second-order valence-electron chi connectivity index (χ2n) is 6.70. The molecule has 34 heavy (non-hydrogen) atoms. The van der Waals surface area contributed by atoms with E-state index in [-0.39, 0.29) is 18.1 Å². The monoisotopic (exact) mass is 726 g/mol. The Hall–Kier alpha value is -1.84. The predicted molar refractivity (Wildman–Crippen MR) is 147 cm³/mol. The van der Waals surface area contributed by atoms with Crippen LogP contribution in [0.4, 0.5) is 10.5 Å². The van der Waals surface area contributed by atoms with Gasteiger partial charge in [0.1, 0.15) is 12.3 Å². The molecule has 0 radical (unpaired) electrons. The van der Waals surface area contributed by atoms with Crippen LogP contribution in [0.3, 0.4) is 0 Å². The number of imide groups is 1. The molecule has 3 amide bonds. The lowest BCUT2D eigenvalue weighted by Crippen LogP contribution is -2.36. The highest BCUT2D eigenvalue weighted by atomic mass is 127. The quantitative estimate of drug-likeness (QED) is 0.228. The van der Waals surface area contributed by atoms with Crippen molar-refractivity contribution in [2.45, 2.75) is 6.92 Å². The first kappa shape index (κ1) is 26.8. The maximum Gasteiger partial charge on any atom is 0.344 e. The number of ether oxygens (including phenoxy) is 2. The average molecular weight is 727 g/mol. The van der Waals surface area contributed by atoms with Crippen LogP contribution < -0.4 is 10.1 Å². The van der Waals surface area contributed by atoms with Crippen LogP contribution in [0, 0.1) is 7.14 Å². The molecule has 1 heterocycles. The van der Waals surface area contributed by atoms with Gasteiger partial charge in [0, 0.05) is 0 Å². The lowest BCUT2D eigenvalue weighted by atomic mass is 10.2. The summed E-state index contributed by atoms with van der Waals surface area (Å²) in [5.74, 6) is -1.04. The summed E-state index contributed by atoms with van der Waals surface area (Å²) in [7, 11) is 0. The summed E-state index contributed by atoms with van der Waals surface area (Å²) in [5.41, 5.74) is 1.06. The first-order chi connectivity index (χ1) is 16.2. The number of para-hydroxylation sites is 1. The van der Waals surface area contributed by atoms with E-state index in [2.05, 4.69) is 50.5 Å². The molecule has 0 aliphatic carbocycles. The lowest BCUT2D eigenvalue weighted by molar-refractivity contribution is -0.145. The normalized spacial score (nSPS) is 14.5. The van der Waals surface area contributed by atoms with E-state index in [0.717, 1.165) is 23.8 Å². The number of thioether (sulfide) groups is 1. The molecule has 8 nitrogen and oxygen atoms in total. The number of halogens is 3. The largest absolute Gasteiger partial charge is 0.480 e. The molecule has 3 rings (SSSR count). The number of esters is 1. The molecule has 0 unspecified atom stereocenters. The highest BCUT2D eigenvalue weighted by molar-refractivity contribution is 14.1. The highest BCUT2D eigenvalue weighted by Crippen LogP contribution is 2.35. The number of nitrogens with zero attached hydrogens (tertiary/aromatic N) is 1. The van der Waals surface area contributed by atoms with Gasteiger partial charge in [-0.2, -0.15) is 0 Å². The molecule has 1 aliphatic rings. The van der Waals surface area contributed by atoms with Gasteiger partial charge in [0.05, 0.1) is 29.4 Å². The molecule has 0 aromatic heterocycles. The Morgan fingerprint density at radius 2 is 1.85 bits per heavy atom. The number of amides is 3. The Bertz CT molecular complexity index is 1170. The van der Waals surface area contributed by atoms with Crippen molar-refractivity contribution in [3.05, 3.63) is 59.0 Å². The van der Waals surface area contributed by atoms with Crippen molar-refractivity contribution in [2.24, 2.45) is 0 Å². The summed E-state index contributed by atoms with van der Waals surface area (Å²) in [6, 6.07) is 10.2. The van der Waals surface area contributed by atoms with Crippen molar-refractivity contribution in [3.63, 3.8) is 0 Å². The third kappa shape index (κ3) is 6.86. The molecule has 1 fully saturated rings. The summed E-state index contributed by atoms with van der Waals surface area (Å²) in [4.78, 5) is 50.2. The van der Waals surface area contributed by atoms with Crippen LogP contribution in [0.5, 0.6) is 5.75 Å². The van der Waals surface area contributed by atoms with Gasteiger partial charge in [-0.3, -0.25) is 19.3 Å². The molecular weight excluding hydrogens is 710 g/mol. The van der Waals surface area contributed by atoms with Gasteiger partial charge in [0.15, 0.2) is 6.61 Å². The predicted octanol–water partition coefficient (Wildman–Crippen LogP) is 5.17. The van der Waals surface area contributed by atoms with Crippen LogP contribution in [0.15, 0.2) is 41.3 Å². The Kier molecular flexibility index (Phi) is 9.62. The Balaban J connectivity index is 1.70. The van der Waals surface area contributed by atoms with Gasteiger partial charge in [-0.25, -0.2) is 4.79 Å². The van der Waals surface area contributed by atoms with Crippen molar-refractivity contribution in [1.29, 1.82) is 0 Å². The molecule has 178 valence electrons. The van der Waals surface area contributed by atoms with E-state index in [9.17, 15) is 19.2 Å². The zero-order valence-corrected chi connectivity index (χ0v) is 23.5. The van der Waals surface area contributed by atoms with Crippen molar-refractivity contribution < 1.29 is 28.7 Å². The topological polar surface area (TPSA) is 102 Å². The first-order valence-corrected chi connectivity index (χ1v) is 13.1. The third-order valence-electron chi connectivity index (χ3n) is 4.28. The zero-order valence-electron chi connectivity index (χ0n) is 17.6. The molecule has 0 bridgehead atoms. The number of carbonyl (C=O) groups excluding carboxylic acids is 4. The van der Waals surface area contributed by atoms with E-state index >= 15 is 0 Å². The molecule has 0 saturated carbocycles. The molecule has 0 spiro atoms.